The molecule has 1 aromatic carbocycles. The summed E-state index contributed by atoms with van der Waals surface area (Å²) in [5.74, 6) is 4.33. The van der Waals surface area contributed by atoms with Gasteiger partial charge in [0.15, 0.2) is 0 Å². The molecule has 3 N–H and O–H groups in total. The molecule has 3 unspecified atom stereocenters. The highest BCUT2D eigenvalue weighted by molar-refractivity contribution is 7.84. The molecule has 2 saturated carbocycles. The highest BCUT2D eigenvalue weighted by atomic mass is 32.2. The average Bonchev–Trinajstić information content (AvgIpc) is 2.85. The second kappa shape index (κ2) is 5.72. The van der Waals surface area contributed by atoms with E-state index in [1.807, 2.05) is 6.07 Å². The topological polar surface area (TPSA) is 89.6 Å². The fourth-order valence-electron chi connectivity index (χ4n) is 6.00. The van der Waals surface area contributed by atoms with Crippen molar-refractivity contribution in [3.05, 3.63) is 29.3 Å². The number of benzene rings is 1. The summed E-state index contributed by atoms with van der Waals surface area (Å²) in [4.78, 5) is 0. The van der Waals surface area contributed by atoms with E-state index < -0.39 is 15.9 Å². The zero-order valence-corrected chi connectivity index (χ0v) is 15.8. The number of terminal acetylenes is 1. The van der Waals surface area contributed by atoms with Crippen molar-refractivity contribution in [3.8, 4) is 18.1 Å². The van der Waals surface area contributed by atoms with Gasteiger partial charge in [-0.15, -0.1) is 6.42 Å². The van der Waals surface area contributed by atoms with Crippen molar-refractivity contribution in [1.82, 2.24) is 0 Å². The monoisotopic (exact) mass is 375 g/mol. The fraction of sp³-hybridized carbons (Fsp3) is 0.600. The van der Waals surface area contributed by atoms with Crippen LogP contribution < -0.4 is 9.32 Å². The molecule has 0 spiro atoms. The molecule has 26 heavy (non-hydrogen) atoms. The Balaban J connectivity index is 1.65. The van der Waals surface area contributed by atoms with Crippen LogP contribution >= 0.6 is 0 Å². The van der Waals surface area contributed by atoms with E-state index in [4.69, 9.17) is 15.7 Å². The van der Waals surface area contributed by atoms with Gasteiger partial charge in [0, 0.05) is 5.41 Å². The van der Waals surface area contributed by atoms with Crippen LogP contribution in [0.15, 0.2) is 18.2 Å². The predicted molar refractivity (Wildman–Crippen MR) is 98.6 cm³/mol. The third-order valence-electron chi connectivity index (χ3n) is 7.30. The molecule has 0 bridgehead atoms. The lowest BCUT2D eigenvalue weighted by molar-refractivity contribution is -0.0646. The van der Waals surface area contributed by atoms with E-state index in [1.54, 1.807) is 12.1 Å². The molecule has 0 aliphatic heterocycles. The Labute approximate surface area is 155 Å². The van der Waals surface area contributed by atoms with E-state index in [2.05, 4.69) is 12.8 Å². The Morgan fingerprint density at radius 3 is 2.77 bits per heavy atom. The highest BCUT2D eigenvalue weighted by Gasteiger charge is 2.61. The summed E-state index contributed by atoms with van der Waals surface area (Å²) >= 11 is 0. The molecule has 0 heterocycles. The number of aliphatic hydroxyl groups is 1. The minimum Gasteiger partial charge on any atom is -0.377 e. The van der Waals surface area contributed by atoms with Crippen molar-refractivity contribution in [1.29, 1.82) is 0 Å². The standard InChI is InChI=1S/C20H25NO4S/c1-3-20(22)11-9-18-17-6-4-13-12-14(25-26(21,23)24)5-7-15(13)16(17)8-10-19(18,20)2/h1,5,7,12,16-18,22H,4,6,8-11H2,2H3,(H2,21,23,24)/t16?,17?,18?,19-,20-/m0/s1. The molecule has 3 aliphatic rings. The molecule has 5 atom stereocenters. The van der Waals surface area contributed by atoms with Crippen LogP contribution in [-0.4, -0.2) is 19.1 Å². The van der Waals surface area contributed by atoms with E-state index in [0.717, 1.165) is 37.7 Å². The summed E-state index contributed by atoms with van der Waals surface area (Å²) in [6.45, 7) is 2.17. The molecule has 6 heteroatoms. The summed E-state index contributed by atoms with van der Waals surface area (Å²) < 4.78 is 27.2. The van der Waals surface area contributed by atoms with Gasteiger partial charge < -0.3 is 9.29 Å². The van der Waals surface area contributed by atoms with Gasteiger partial charge in [0.2, 0.25) is 0 Å². The van der Waals surface area contributed by atoms with Crippen molar-refractivity contribution in [2.75, 3.05) is 0 Å². The van der Waals surface area contributed by atoms with Crippen molar-refractivity contribution in [2.24, 2.45) is 22.4 Å². The first-order valence-corrected chi connectivity index (χ1v) is 10.7. The molecule has 0 saturated heterocycles. The summed E-state index contributed by atoms with van der Waals surface area (Å²) in [5, 5.41) is 15.9. The Hall–Kier alpha value is -1.55. The van der Waals surface area contributed by atoms with E-state index >= 15 is 0 Å². The van der Waals surface area contributed by atoms with E-state index in [-0.39, 0.29) is 11.2 Å². The second-order valence-corrected chi connectivity index (χ2v) is 9.50. The average molecular weight is 375 g/mol. The van der Waals surface area contributed by atoms with Crippen LogP contribution in [-0.2, 0) is 16.7 Å². The zero-order valence-electron chi connectivity index (χ0n) is 14.9. The van der Waals surface area contributed by atoms with Crippen molar-refractivity contribution < 1.29 is 17.7 Å². The van der Waals surface area contributed by atoms with Crippen LogP contribution in [0.25, 0.3) is 0 Å². The molecule has 0 aromatic heterocycles. The third kappa shape index (κ3) is 2.57. The summed E-state index contributed by atoms with van der Waals surface area (Å²) in [7, 11) is -4.01. The molecule has 5 nitrogen and oxygen atoms in total. The maximum absolute atomic E-state index is 11.2. The Bertz CT molecular complexity index is 890. The number of fused-ring (bicyclic) bond motifs is 5. The predicted octanol–water partition coefficient (Wildman–Crippen LogP) is 2.49. The van der Waals surface area contributed by atoms with Crippen LogP contribution in [0, 0.1) is 29.6 Å². The molecule has 2 fully saturated rings. The van der Waals surface area contributed by atoms with E-state index in [0.29, 0.717) is 24.2 Å². The summed E-state index contributed by atoms with van der Waals surface area (Å²) in [5.41, 5.74) is 1.22. The first kappa shape index (κ1) is 17.8. The molecule has 0 amide bonds. The Morgan fingerprint density at radius 2 is 2.08 bits per heavy atom. The van der Waals surface area contributed by atoms with Gasteiger partial charge in [0.05, 0.1) is 0 Å². The highest BCUT2D eigenvalue weighted by Crippen LogP contribution is 2.64. The van der Waals surface area contributed by atoms with Gasteiger partial charge >= 0.3 is 10.3 Å². The Morgan fingerprint density at radius 1 is 1.31 bits per heavy atom. The number of nitrogens with two attached hydrogens (primary N) is 1. The number of rotatable bonds is 2. The van der Waals surface area contributed by atoms with Gasteiger partial charge in [-0.1, -0.05) is 18.9 Å². The largest absolute Gasteiger partial charge is 0.380 e. The van der Waals surface area contributed by atoms with E-state index in [9.17, 15) is 13.5 Å². The second-order valence-electron chi connectivity index (χ2n) is 8.35. The normalized spacial score (nSPS) is 38.6. The minimum absolute atomic E-state index is 0.211. The third-order valence-corrected chi connectivity index (χ3v) is 7.73. The van der Waals surface area contributed by atoms with Crippen LogP contribution in [0.1, 0.15) is 56.1 Å². The van der Waals surface area contributed by atoms with Gasteiger partial charge in [-0.3, -0.25) is 0 Å². The lowest BCUT2D eigenvalue weighted by Gasteiger charge is -2.52. The van der Waals surface area contributed by atoms with Crippen LogP contribution in [0.2, 0.25) is 0 Å². The molecule has 1 aromatic rings. The molecular weight excluding hydrogens is 350 g/mol. The summed E-state index contributed by atoms with van der Waals surface area (Å²) in [6.07, 6.45) is 11.2. The van der Waals surface area contributed by atoms with Gasteiger partial charge in [-0.2, -0.15) is 13.6 Å². The van der Waals surface area contributed by atoms with Crippen LogP contribution in [0.4, 0.5) is 0 Å². The maximum Gasteiger partial charge on any atom is 0.380 e. The molecule has 0 radical (unpaired) electrons. The van der Waals surface area contributed by atoms with Crippen molar-refractivity contribution in [3.63, 3.8) is 0 Å². The molecule has 4 rings (SSSR count). The van der Waals surface area contributed by atoms with Crippen LogP contribution in [0.3, 0.4) is 0 Å². The van der Waals surface area contributed by atoms with Crippen molar-refractivity contribution >= 4 is 10.3 Å². The molecular formula is C20H25NO4S. The van der Waals surface area contributed by atoms with Gasteiger partial charge in [0.1, 0.15) is 11.4 Å². The quantitative estimate of drug-likeness (QED) is 0.777. The maximum atomic E-state index is 11.2. The lowest BCUT2D eigenvalue weighted by atomic mass is 9.53. The van der Waals surface area contributed by atoms with Crippen molar-refractivity contribution in [2.45, 2.75) is 57.0 Å². The number of hydrogen-bond acceptors (Lipinski definition) is 4. The van der Waals surface area contributed by atoms with Gasteiger partial charge in [-0.25, -0.2) is 0 Å². The molecule has 3 aliphatic carbocycles. The van der Waals surface area contributed by atoms with Crippen LogP contribution in [0.5, 0.6) is 5.75 Å². The van der Waals surface area contributed by atoms with Gasteiger partial charge in [0.25, 0.3) is 0 Å². The van der Waals surface area contributed by atoms with Gasteiger partial charge in [-0.05, 0) is 79.5 Å². The first-order valence-electron chi connectivity index (χ1n) is 9.22. The zero-order chi connectivity index (χ0) is 18.7. The lowest BCUT2D eigenvalue weighted by Crippen LogP contribution is -2.50. The molecule has 140 valence electrons. The number of aryl methyl sites for hydroxylation is 1. The van der Waals surface area contributed by atoms with E-state index in [1.165, 1.54) is 5.56 Å². The Kier molecular flexibility index (Phi) is 3.93. The SMILES string of the molecule is C#C[C@]1(O)CCC2C3CCc4cc(OS(N)(=O)=O)ccc4C3CC[C@@]21C. The number of hydrogen-bond donors (Lipinski definition) is 2. The summed E-state index contributed by atoms with van der Waals surface area (Å²) in [6, 6.07) is 5.47. The smallest absolute Gasteiger partial charge is 0.377 e. The minimum atomic E-state index is -4.01. The fourth-order valence-corrected chi connectivity index (χ4v) is 6.37. The first-order chi connectivity index (χ1) is 12.2.